The van der Waals surface area contributed by atoms with Gasteiger partial charge >= 0.3 is 6.18 Å². The molecular formula is C16H18F3N3S. The smallest absolute Gasteiger partial charge is 0.264 e. The van der Waals surface area contributed by atoms with Gasteiger partial charge in [-0.1, -0.05) is 25.6 Å². The van der Waals surface area contributed by atoms with Crippen molar-refractivity contribution in [2.24, 2.45) is 0 Å². The molecule has 0 atom stereocenters. The highest BCUT2D eigenvalue weighted by Crippen LogP contribution is 2.31. The molecule has 0 aromatic carbocycles. The third-order valence-electron chi connectivity index (χ3n) is 3.47. The zero-order valence-corrected chi connectivity index (χ0v) is 14.1. The van der Waals surface area contributed by atoms with Gasteiger partial charge in [-0.15, -0.1) is 0 Å². The van der Waals surface area contributed by atoms with Gasteiger partial charge in [0.15, 0.2) is 5.16 Å². The molecule has 0 aliphatic rings. The summed E-state index contributed by atoms with van der Waals surface area (Å²) >= 11 is 1.23. The predicted molar refractivity (Wildman–Crippen MR) is 84.3 cm³/mol. The van der Waals surface area contributed by atoms with E-state index in [4.69, 9.17) is 0 Å². The van der Waals surface area contributed by atoms with E-state index < -0.39 is 11.9 Å². The van der Waals surface area contributed by atoms with Gasteiger partial charge in [0.05, 0.1) is 0 Å². The van der Waals surface area contributed by atoms with Gasteiger partial charge in [-0.05, 0) is 42.5 Å². The molecule has 0 radical (unpaired) electrons. The molecule has 0 saturated heterocycles. The number of nitrogens with zero attached hydrogens (tertiary/aromatic N) is 3. The van der Waals surface area contributed by atoms with Gasteiger partial charge in [-0.3, -0.25) is 4.98 Å². The van der Waals surface area contributed by atoms with Crippen molar-refractivity contribution < 1.29 is 13.2 Å². The Morgan fingerprint density at radius 1 is 1.04 bits per heavy atom. The summed E-state index contributed by atoms with van der Waals surface area (Å²) in [4.78, 5) is 12.0. The van der Waals surface area contributed by atoms with E-state index in [0.29, 0.717) is 11.4 Å². The Morgan fingerprint density at radius 3 is 2.17 bits per heavy atom. The second-order valence-electron chi connectivity index (χ2n) is 5.11. The number of hydrogen-bond donors (Lipinski definition) is 0. The van der Waals surface area contributed by atoms with Gasteiger partial charge < -0.3 is 0 Å². The number of alkyl halides is 3. The second kappa shape index (κ2) is 7.29. The molecule has 2 aromatic heterocycles. The lowest BCUT2D eigenvalue weighted by molar-refractivity contribution is -0.141. The molecule has 2 heterocycles. The summed E-state index contributed by atoms with van der Waals surface area (Å²) in [6, 6.07) is 0.964. The third-order valence-corrected chi connectivity index (χ3v) is 4.34. The Labute approximate surface area is 137 Å². The van der Waals surface area contributed by atoms with E-state index in [9.17, 15) is 13.2 Å². The van der Waals surface area contributed by atoms with Gasteiger partial charge in [-0.2, -0.15) is 13.2 Å². The van der Waals surface area contributed by atoms with Crippen LogP contribution in [0.1, 0.15) is 41.9 Å². The zero-order valence-electron chi connectivity index (χ0n) is 13.2. The highest BCUT2D eigenvalue weighted by molar-refractivity contribution is 7.98. The zero-order chi connectivity index (χ0) is 17.0. The van der Waals surface area contributed by atoms with Gasteiger partial charge in [0.1, 0.15) is 5.69 Å². The first-order valence-electron chi connectivity index (χ1n) is 7.35. The molecule has 0 unspecified atom stereocenters. The maximum Gasteiger partial charge on any atom is 0.433 e. The van der Waals surface area contributed by atoms with Crippen LogP contribution in [0.5, 0.6) is 0 Å². The maximum atomic E-state index is 12.8. The molecular weight excluding hydrogens is 323 g/mol. The molecule has 0 aliphatic carbocycles. The number of rotatable bonds is 5. The van der Waals surface area contributed by atoms with Crippen LogP contribution in [0, 0.1) is 6.92 Å². The summed E-state index contributed by atoms with van der Waals surface area (Å²) < 4.78 is 38.5. The van der Waals surface area contributed by atoms with E-state index in [1.54, 1.807) is 6.92 Å². The Kier molecular flexibility index (Phi) is 5.62. The second-order valence-corrected chi connectivity index (χ2v) is 6.05. The van der Waals surface area contributed by atoms with E-state index in [1.165, 1.54) is 11.8 Å². The number of halogens is 3. The molecule has 0 N–H and O–H groups in total. The van der Waals surface area contributed by atoms with Crippen LogP contribution in [0.4, 0.5) is 13.2 Å². The Hall–Kier alpha value is -1.63. The first-order valence-corrected chi connectivity index (χ1v) is 8.34. The molecule has 0 spiro atoms. The van der Waals surface area contributed by atoms with E-state index in [1.807, 2.05) is 26.2 Å². The van der Waals surface area contributed by atoms with Crippen molar-refractivity contribution in [3.05, 3.63) is 46.5 Å². The van der Waals surface area contributed by atoms with Crippen molar-refractivity contribution in [2.45, 2.75) is 50.7 Å². The fraction of sp³-hybridized carbons (Fsp3) is 0.438. The molecule has 3 nitrogen and oxygen atoms in total. The van der Waals surface area contributed by atoms with Gasteiger partial charge in [-0.25, -0.2) is 9.97 Å². The van der Waals surface area contributed by atoms with Crippen molar-refractivity contribution in [3.63, 3.8) is 0 Å². The number of thioether (sulfide) groups is 1. The summed E-state index contributed by atoms with van der Waals surface area (Å²) in [5.41, 5.74) is 2.76. The monoisotopic (exact) mass is 341 g/mol. The largest absolute Gasteiger partial charge is 0.433 e. The highest BCUT2D eigenvalue weighted by atomic mass is 32.2. The van der Waals surface area contributed by atoms with Crippen LogP contribution in [0.15, 0.2) is 23.6 Å². The fourth-order valence-corrected chi connectivity index (χ4v) is 3.28. The van der Waals surface area contributed by atoms with E-state index in [0.717, 1.165) is 35.6 Å². The average Bonchev–Trinajstić information content (AvgIpc) is 2.51. The van der Waals surface area contributed by atoms with Crippen molar-refractivity contribution in [3.8, 4) is 0 Å². The van der Waals surface area contributed by atoms with Gasteiger partial charge in [0.25, 0.3) is 0 Å². The summed E-state index contributed by atoms with van der Waals surface area (Å²) in [5, 5.41) is 0.151. The van der Waals surface area contributed by atoms with Gasteiger partial charge in [0.2, 0.25) is 0 Å². The molecule has 0 fully saturated rings. The van der Waals surface area contributed by atoms with Crippen LogP contribution in [-0.4, -0.2) is 15.0 Å². The minimum Gasteiger partial charge on any atom is -0.264 e. The lowest BCUT2D eigenvalue weighted by Gasteiger charge is -2.12. The lowest BCUT2D eigenvalue weighted by atomic mass is 10.0. The Balaban J connectivity index is 2.27. The molecule has 0 aliphatic heterocycles. The fourth-order valence-electron chi connectivity index (χ4n) is 2.26. The number of hydrogen-bond acceptors (Lipinski definition) is 4. The van der Waals surface area contributed by atoms with Crippen molar-refractivity contribution in [1.29, 1.82) is 0 Å². The van der Waals surface area contributed by atoms with E-state index in [2.05, 4.69) is 15.0 Å². The third kappa shape index (κ3) is 4.43. The molecule has 23 heavy (non-hydrogen) atoms. The summed E-state index contributed by atoms with van der Waals surface area (Å²) in [6.07, 6.45) is 0.835. The summed E-state index contributed by atoms with van der Waals surface area (Å²) in [7, 11) is 0. The lowest BCUT2D eigenvalue weighted by Crippen LogP contribution is -2.10. The van der Waals surface area contributed by atoms with E-state index in [-0.39, 0.29) is 5.16 Å². The molecule has 0 saturated carbocycles. The van der Waals surface area contributed by atoms with Crippen LogP contribution in [0.3, 0.4) is 0 Å². The standard InChI is InChI=1S/C16H18F3N3S/c1-4-11-7-20-8-12(5-2)13(11)9-23-15-21-10(3)6-14(22-15)16(17,18)19/h6-8H,4-5,9H2,1-3H3. The molecule has 2 rings (SSSR count). The highest BCUT2D eigenvalue weighted by Gasteiger charge is 2.33. The maximum absolute atomic E-state index is 12.8. The molecule has 0 amide bonds. The summed E-state index contributed by atoms with van der Waals surface area (Å²) in [5.74, 6) is 0.537. The van der Waals surface area contributed by atoms with Crippen LogP contribution in [0.25, 0.3) is 0 Å². The molecule has 0 bridgehead atoms. The minimum atomic E-state index is -4.46. The van der Waals surface area contributed by atoms with Crippen LogP contribution in [0.2, 0.25) is 0 Å². The van der Waals surface area contributed by atoms with Crippen molar-refractivity contribution in [1.82, 2.24) is 15.0 Å². The number of pyridine rings is 1. The average molecular weight is 341 g/mol. The first kappa shape index (κ1) is 17.7. The predicted octanol–water partition coefficient (Wildman–Crippen LogP) is 4.62. The quantitative estimate of drug-likeness (QED) is 0.588. The first-order chi connectivity index (χ1) is 10.8. The van der Waals surface area contributed by atoms with Crippen molar-refractivity contribution >= 4 is 11.8 Å². The SMILES string of the molecule is CCc1cncc(CC)c1CSc1nc(C)cc(C(F)(F)F)n1. The van der Waals surface area contributed by atoms with Crippen LogP contribution in [-0.2, 0) is 24.8 Å². The topological polar surface area (TPSA) is 38.7 Å². The normalized spacial score (nSPS) is 11.7. The molecule has 124 valence electrons. The molecule has 7 heteroatoms. The van der Waals surface area contributed by atoms with Crippen molar-refractivity contribution in [2.75, 3.05) is 0 Å². The van der Waals surface area contributed by atoms with Gasteiger partial charge in [0, 0.05) is 23.8 Å². The van der Waals surface area contributed by atoms with Crippen LogP contribution < -0.4 is 0 Å². The van der Waals surface area contributed by atoms with Crippen LogP contribution >= 0.6 is 11.8 Å². The number of aryl methyl sites for hydroxylation is 3. The Morgan fingerprint density at radius 2 is 1.65 bits per heavy atom. The summed E-state index contributed by atoms with van der Waals surface area (Å²) in [6.45, 7) is 5.62. The molecule has 2 aromatic rings. The Bertz CT molecular complexity index is 665. The number of aromatic nitrogens is 3. The van der Waals surface area contributed by atoms with E-state index >= 15 is 0 Å². The minimum absolute atomic E-state index is 0.151.